The SMILES string of the molecule is CC1(C)OB(c2ccc(S(=O)(=O)Nc3ccc(C(=O)O)cc3)s2)OC1(C)C. The van der Waals surface area contributed by atoms with Gasteiger partial charge in [-0.05, 0) is 58.0 Å². The van der Waals surface area contributed by atoms with Crippen LogP contribution in [0.1, 0.15) is 38.1 Å². The molecule has 2 aromatic rings. The lowest BCUT2D eigenvalue weighted by molar-refractivity contribution is 0.00578. The van der Waals surface area contributed by atoms with Crippen LogP contribution in [-0.2, 0) is 19.3 Å². The zero-order valence-corrected chi connectivity index (χ0v) is 17.0. The second kappa shape index (κ2) is 6.63. The Labute approximate surface area is 162 Å². The molecular weight excluding hydrogens is 389 g/mol. The smallest absolute Gasteiger partial charge is 0.478 e. The van der Waals surface area contributed by atoms with Crippen molar-refractivity contribution < 1.29 is 27.6 Å². The maximum atomic E-state index is 12.6. The Kier molecular flexibility index (Phi) is 4.88. The van der Waals surface area contributed by atoms with Crippen molar-refractivity contribution in [1.29, 1.82) is 0 Å². The molecule has 27 heavy (non-hydrogen) atoms. The molecule has 0 radical (unpaired) electrons. The predicted octanol–water partition coefficient (Wildman–Crippen LogP) is 2.55. The van der Waals surface area contributed by atoms with Crippen LogP contribution in [0.25, 0.3) is 0 Å². The number of carboxylic acids is 1. The molecule has 144 valence electrons. The second-order valence-electron chi connectivity index (χ2n) is 7.23. The lowest BCUT2D eigenvalue weighted by Gasteiger charge is -2.32. The number of hydrogen-bond acceptors (Lipinski definition) is 6. The summed E-state index contributed by atoms with van der Waals surface area (Å²) >= 11 is 1.07. The topological polar surface area (TPSA) is 102 Å². The lowest BCUT2D eigenvalue weighted by Crippen LogP contribution is -2.41. The fraction of sp³-hybridized carbons (Fsp3) is 0.353. The molecule has 0 saturated carbocycles. The number of anilines is 1. The molecule has 7 nitrogen and oxygen atoms in total. The van der Waals surface area contributed by atoms with Gasteiger partial charge in [0.2, 0.25) is 0 Å². The van der Waals surface area contributed by atoms with Crippen LogP contribution in [0.3, 0.4) is 0 Å². The van der Waals surface area contributed by atoms with E-state index in [1.165, 1.54) is 30.3 Å². The predicted molar refractivity (Wildman–Crippen MR) is 104 cm³/mol. The zero-order valence-electron chi connectivity index (χ0n) is 15.3. The summed E-state index contributed by atoms with van der Waals surface area (Å²) in [7, 11) is -4.43. The van der Waals surface area contributed by atoms with E-state index in [0.717, 1.165) is 11.3 Å². The molecule has 1 aliphatic heterocycles. The van der Waals surface area contributed by atoms with E-state index in [1.807, 2.05) is 27.7 Å². The second-order valence-corrected chi connectivity index (χ2v) is 10.3. The van der Waals surface area contributed by atoms with Gasteiger partial charge in [0.15, 0.2) is 0 Å². The molecule has 3 rings (SSSR count). The van der Waals surface area contributed by atoms with Gasteiger partial charge >= 0.3 is 13.1 Å². The number of thiophene rings is 1. The molecule has 0 unspecified atom stereocenters. The summed E-state index contributed by atoms with van der Waals surface area (Å²) in [4.78, 5) is 10.9. The van der Waals surface area contributed by atoms with Gasteiger partial charge in [0, 0.05) is 10.5 Å². The molecule has 0 amide bonds. The van der Waals surface area contributed by atoms with Crippen LogP contribution in [0, 0.1) is 0 Å². The van der Waals surface area contributed by atoms with Crippen molar-refractivity contribution in [3.63, 3.8) is 0 Å². The number of rotatable bonds is 5. The summed E-state index contributed by atoms with van der Waals surface area (Å²) in [5.41, 5.74) is -0.655. The Balaban J connectivity index is 1.78. The van der Waals surface area contributed by atoms with Crippen LogP contribution in [-0.4, -0.2) is 37.8 Å². The number of carboxylic acid groups (broad SMARTS) is 1. The Bertz CT molecular complexity index is 950. The van der Waals surface area contributed by atoms with Crippen molar-refractivity contribution in [1.82, 2.24) is 0 Å². The van der Waals surface area contributed by atoms with Gasteiger partial charge in [0.05, 0.1) is 16.8 Å². The molecule has 0 aliphatic carbocycles. The van der Waals surface area contributed by atoms with Crippen LogP contribution in [0.15, 0.2) is 40.6 Å². The monoisotopic (exact) mass is 409 g/mol. The minimum absolute atomic E-state index is 0.0807. The summed E-state index contributed by atoms with van der Waals surface area (Å²) in [6.07, 6.45) is 0. The van der Waals surface area contributed by atoms with E-state index in [9.17, 15) is 13.2 Å². The van der Waals surface area contributed by atoms with Crippen LogP contribution in [0.5, 0.6) is 0 Å². The largest absolute Gasteiger partial charge is 0.505 e. The van der Waals surface area contributed by atoms with Gasteiger partial charge in [-0.1, -0.05) is 6.07 Å². The van der Waals surface area contributed by atoms with Gasteiger partial charge in [0.1, 0.15) is 4.21 Å². The molecule has 10 heteroatoms. The highest BCUT2D eigenvalue weighted by Crippen LogP contribution is 2.37. The lowest BCUT2D eigenvalue weighted by atomic mass is 9.88. The van der Waals surface area contributed by atoms with Crippen molar-refractivity contribution in [3.8, 4) is 0 Å². The van der Waals surface area contributed by atoms with Crippen LogP contribution < -0.4 is 9.50 Å². The first-order valence-electron chi connectivity index (χ1n) is 8.23. The van der Waals surface area contributed by atoms with Gasteiger partial charge in [-0.2, -0.15) is 0 Å². The molecule has 1 aromatic carbocycles. The molecule has 2 N–H and O–H groups in total. The first-order chi connectivity index (χ1) is 12.4. The molecule has 1 aliphatic rings. The standard InChI is InChI=1S/C17H20BNO6S2/c1-16(2)17(3,4)25-18(24-16)13-9-10-14(26-13)27(22,23)19-12-7-5-11(6-8-12)15(20)21/h5-10,19H,1-4H3,(H,20,21). The molecule has 1 fully saturated rings. The van der Waals surface area contributed by atoms with Gasteiger partial charge in [-0.15, -0.1) is 11.3 Å². The van der Waals surface area contributed by atoms with Crippen molar-refractivity contribution in [2.75, 3.05) is 4.72 Å². The molecule has 2 heterocycles. The van der Waals surface area contributed by atoms with Gasteiger partial charge in [-0.25, -0.2) is 13.2 Å². The fourth-order valence-corrected chi connectivity index (χ4v) is 4.79. The molecule has 0 bridgehead atoms. The highest BCUT2D eigenvalue weighted by Gasteiger charge is 2.52. The van der Waals surface area contributed by atoms with E-state index in [2.05, 4.69) is 4.72 Å². The van der Waals surface area contributed by atoms with Crippen molar-refractivity contribution in [2.24, 2.45) is 0 Å². The number of hydrogen-bond donors (Lipinski definition) is 2. The number of aromatic carboxylic acids is 1. The van der Waals surface area contributed by atoms with E-state index < -0.39 is 34.3 Å². The first-order valence-corrected chi connectivity index (χ1v) is 10.5. The third kappa shape index (κ3) is 3.89. The first kappa shape index (κ1) is 19.9. The van der Waals surface area contributed by atoms with E-state index in [4.69, 9.17) is 14.4 Å². The van der Waals surface area contributed by atoms with Crippen LogP contribution in [0.4, 0.5) is 5.69 Å². The number of sulfonamides is 1. The summed E-state index contributed by atoms with van der Waals surface area (Å²) < 4.78 is 40.3. The maximum Gasteiger partial charge on any atom is 0.505 e. The van der Waals surface area contributed by atoms with Gasteiger partial charge in [0.25, 0.3) is 10.0 Å². The van der Waals surface area contributed by atoms with E-state index >= 15 is 0 Å². The van der Waals surface area contributed by atoms with E-state index in [-0.39, 0.29) is 15.5 Å². The minimum Gasteiger partial charge on any atom is -0.478 e. The summed E-state index contributed by atoms with van der Waals surface area (Å²) in [6.45, 7) is 7.72. The van der Waals surface area contributed by atoms with Crippen molar-refractivity contribution >= 4 is 44.9 Å². The third-order valence-corrected chi connectivity index (χ3v) is 7.72. The summed E-state index contributed by atoms with van der Waals surface area (Å²) in [6, 6.07) is 8.66. The van der Waals surface area contributed by atoms with Gasteiger partial charge < -0.3 is 14.4 Å². The number of nitrogens with one attached hydrogen (secondary N) is 1. The van der Waals surface area contributed by atoms with E-state index in [0.29, 0.717) is 4.78 Å². The Morgan fingerprint density at radius 1 is 1.04 bits per heavy atom. The van der Waals surface area contributed by atoms with Crippen molar-refractivity contribution in [2.45, 2.75) is 43.1 Å². The molecule has 0 atom stereocenters. The maximum absolute atomic E-state index is 12.6. The Hall–Kier alpha value is -1.88. The number of carbonyl (C=O) groups is 1. The Morgan fingerprint density at radius 3 is 2.11 bits per heavy atom. The minimum atomic E-state index is -3.80. The van der Waals surface area contributed by atoms with Gasteiger partial charge in [-0.3, -0.25) is 4.72 Å². The molecule has 1 saturated heterocycles. The Morgan fingerprint density at radius 2 is 1.59 bits per heavy atom. The summed E-state index contributed by atoms with van der Waals surface area (Å²) in [5, 5.41) is 8.91. The van der Waals surface area contributed by atoms with E-state index in [1.54, 1.807) is 6.07 Å². The highest BCUT2D eigenvalue weighted by molar-refractivity contribution is 7.94. The van der Waals surface area contributed by atoms with Crippen LogP contribution in [0.2, 0.25) is 0 Å². The quantitative estimate of drug-likeness (QED) is 0.736. The molecule has 1 aromatic heterocycles. The average molecular weight is 409 g/mol. The fourth-order valence-electron chi connectivity index (χ4n) is 2.45. The average Bonchev–Trinajstić information content (AvgIpc) is 3.11. The zero-order chi connectivity index (χ0) is 20.0. The third-order valence-electron chi connectivity index (χ3n) is 4.74. The van der Waals surface area contributed by atoms with Crippen molar-refractivity contribution in [3.05, 3.63) is 42.0 Å². The number of benzene rings is 1. The summed E-state index contributed by atoms with van der Waals surface area (Å²) in [5.74, 6) is -1.07. The van der Waals surface area contributed by atoms with Crippen LogP contribution >= 0.6 is 11.3 Å². The normalized spacial score (nSPS) is 18.4. The molecular formula is C17H20BNO6S2. The molecule has 0 spiro atoms. The highest BCUT2D eigenvalue weighted by atomic mass is 32.2.